The van der Waals surface area contributed by atoms with Crippen LogP contribution in [0, 0.1) is 6.92 Å². The van der Waals surface area contributed by atoms with E-state index in [1.165, 1.54) is 0 Å². The molecule has 2 rings (SSSR count). The Balaban J connectivity index is 2.40. The number of aryl methyl sites for hydroxylation is 1. The molecular weight excluding hydrogens is 157 g/mol. The van der Waals surface area contributed by atoms with E-state index in [-0.39, 0.29) is 6.04 Å². The molecule has 3 nitrogen and oxygen atoms in total. The topological polar surface area (TPSA) is 43.8 Å². The molecule has 1 aliphatic rings. The molecule has 2 atom stereocenters. The lowest BCUT2D eigenvalue weighted by molar-refractivity contribution is 0.230. The zero-order valence-electron chi connectivity index (χ0n) is 7.00. The lowest BCUT2D eigenvalue weighted by atomic mass is 10.1. The smallest absolute Gasteiger partial charge is 0.126 e. The molecule has 1 aliphatic heterocycles. The molecule has 2 N–H and O–H groups in total. The van der Waals surface area contributed by atoms with E-state index < -0.39 is 6.17 Å². The maximum Gasteiger partial charge on any atom is 0.126 e. The molecule has 0 saturated carbocycles. The summed E-state index contributed by atoms with van der Waals surface area (Å²) >= 11 is 0. The summed E-state index contributed by atoms with van der Waals surface area (Å²) in [6.45, 7) is 2.30. The number of hydrogen-bond acceptors (Lipinski definition) is 2. The third-order valence-corrected chi connectivity index (χ3v) is 2.16. The fourth-order valence-corrected chi connectivity index (χ4v) is 1.68. The van der Waals surface area contributed by atoms with Crippen LogP contribution in [0.3, 0.4) is 0 Å². The van der Waals surface area contributed by atoms with Crippen LogP contribution in [0.5, 0.6) is 0 Å². The quantitative estimate of drug-likeness (QED) is 0.628. The van der Waals surface area contributed by atoms with Gasteiger partial charge in [-0.15, -0.1) is 0 Å². The molecule has 0 amide bonds. The average molecular weight is 169 g/mol. The van der Waals surface area contributed by atoms with Crippen molar-refractivity contribution in [1.29, 1.82) is 0 Å². The highest BCUT2D eigenvalue weighted by molar-refractivity contribution is 5.08. The molecule has 1 aromatic rings. The van der Waals surface area contributed by atoms with Gasteiger partial charge in [0.2, 0.25) is 0 Å². The number of rotatable bonds is 0. The first kappa shape index (κ1) is 7.73. The lowest BCUT2D eigenvalue weighted by Gasteiger charge is -2.22. The zero-order valence-corrected chi connectivity index (χ0v) is 7.00. The first-order valence-corrected chi connectivity index (χ1v) is 4.10. The third-order valence-electron chi connectivity index (χ3n) is 2.16. The maximum atomic E-state index is 13.0. The van der Waals surface area contributed by atoms with Crippen LogP contribution >= 0.6 is 0 Å². The Labute approximate surface area is 70.4 Å². The van der Waals surface area contributed by atoms with Gasteiger partial charge >= 0.3 is 0 Å². The lowest BCUT2D eigenvalue weighted by Crippen LogP contribution is -2.29. The Kier molecular flexibility index (Phi) is 1.65. The summed E-state index contributed by atoms with van der Waals surface area (Å²) in [6, 6.07) is -0.234. The molecule has 12 heavy (non-hydrogen) atoms. The number of alkyl halides is 1. The van der Waals surface area contributed by atoms with Crippen LogP contribution in [0.4, 0.5) is 4.39 Å². The second-order valence-electron chi connectivity index (χ2n) is 3.33. The number of hydrogen-bond donors (Lipinski definition) is 1. The van der Waals surface area contributed by atoms with Gasteiger partial charge in [0.25, 0.3) is 0 Å². The predicted octanol–water partition coefficient (Wildman–Crippen LogP) is 0.933. The minimum Gasteiger partial charge on any atom is -0.330 e. The molecule has 0 radical (unpaired) electrons. The SMILES string of the molecule is Cc1cn2c(n1)C(N)CC(F)C2. The van der Waals surface area contributed by atoms with E-state index in [9.17, 15) is 4.39 Å². The summed E-state index contributed by atoms with van der Waals surface area (Å²) in [4.78, 5) is 4.24. The van der Waals surface area contributed by atoms with Gasteiger partial charge in [0.15, 0.2) is 0 Å². The molecule has 0 aliphatic carbocycles. The maximum absolute atomic E-state index is 13.0. The minimum absolute atomic E-state index is 0.234. The normalized spacial score (nSPS) is 28.6. The van der Waals surface area contributed by atoms with Crippen LogP contribution in [0.15, 0.2) is 6.20 Å². The summed E-state index contributed by atoms with van der Waals surface area (Å²) < 4.78 is 14.8. The number of nitrogens with zero attached hydrogens (tertiary/aromatic N) is 2. The van der Waals surface area contributed by atoms with Crippen molar-refractivity contribution in [3.63, 3.8) is 0 Å². The van der Waals surface area contributed by atoms with Crippen molar-refractivity contribution in [2.75, 3.05) is 0 Å². The molecule has 0 aromatic carbocycles. The third kappa shape index (κ3) is 1.12. The van der Waals surface area contributed by atoms with Crippen molar-refractivity contribution in [3.05, 3.63) is 17.7 Å². The summed E-state index contributed by atoms with van der Waals surface area (Å²) in [5.41, 5.74) is 6.64. The van der Waals surface area contributed by atoms with Gasteiger partial charge < -0.3 is 10.3 Å². The van der Waals surface area contributed by atoms with Crippen LogP contribution in [0.2, 0.25) is 0 Å². The highest BCUT2D eigenvalue weighted by Crippen LogP contribution is 2.23. The second kappa shape index (κ2) is 2.55. The highest BCUT2D eigenvalue weighted by atomic mass is 19.1. The van der Waals surface area contributed by atoms with E-state index in [1.54, 1.807) is 0 Å². The van der Waals surface area contributed by atoms with Crippen molar-refractivity contribution < 1.29 is 4.39 Å². The largest absolute Gasteiger partial charge is 0.330 e. The molecule has 0 spiro atoms. The first-order chi connectivity index (χ1) is 5.66. The zero-order chi connectivity index (χ0) is 8.72. The Hall–Kier alpha value is -0.900. The average Bonchev–Trinajstić information content (AvgIpc) is 2.29. The van der Waals surface area contributed by atoms with Gasteiger partial charge in [0.1, 0.15) is 12.0 Å². The fourth-order valence-electron chi connectivity index (χ4n) is 1.68. The second-order valence-corrected chi connectivity index (χ2v) is 3.33. The van der Waals surface area contributed by atoms with Crippen LogP contribution in [-0.4, -0.2) is 15.7 Å². The van der Waals surface area contributed by atoms with E-state index in [0.717, 1.165) is 11.5 Å². The number of imidazole rings is 1. The molecule has 0 fully saturated rings. The Morgan fingerprint density at radius 1 is 1.75 bits per heavy atom. The standard InChI is InChI=1S/C8H12FN3/c1-5-3-12-4-6(9)2-7(10)8(12)11-5/h3,6-7H,2,4,10H2,1H3. The van der Waals surface area contributed by atoms with Crippen molar-refractivity contribution in [2.45, 2.75) is 32.1 Å². The Bertz CT molecular complexity index is 294. The van der Waals surface area contributed by atoms with Gasteiger partial charge in [-0.2, -0.15) is 0 Å². The minimum atomic E-state index is -0.818. The molecule has 2 heterocycles. The van der Waals surface area contributed by atoms with Crippen LogP contribution in [0.25, 0.3) is 0 Å². The van der Waals surface area contributed by atoms with E-state index in [1.807, 2.05) is 17.7 Å². The summed E-state index contributed by atoms with van der Waals surface area (Å²) in [7, 11) is 0. The van der Waals surface area contributed by atoms with Crippen LogP contribution in [-0.2, 0) is 6.54 Å². The van der Waals surface area contributed by atoms with Crippen molar-refractivity contribution >= 4 is 0 Å². The van der Waals surface area contributed by atoms with Gasteiger partial charge in [-0.3, -0.25) is 0 Å². The van der Waals surface area contributed by atoms with Gasteiger partial charge in [-0.1, -0.05) is 0 Å². The van der Waals surface area contributed by atoms with E-state index in [0.29, 0.717) is 13.0 Å². The summed E-state index contributed by atoms with van der Waals surface area (Å²) in [5, 5.41) is 0. The predicted molar refractivity (Wildman–Crippen MR) is 43.4 cm³/mol. The Morgan fingerprint density at radius 3 is 3.25 bits per heavy atom. The van der Waals surface area contributed by atoms with Gasteiger partial charge in [0, 0.05) is 12.6 Å². The number of nitrogens with two attached hydrogens (primary N) is 1. The monoisotopic (exact) mass is 169 g/mol. The summed E-state index contributed by atoms with van der Waals surface area (Å²) in [5.74, 6) is 0.821. The fraction of sp³-hybridized carbons (Fsp3) is 0.625. The molecule has 1 aromatic heterocycles. The van der Waals surface area contributed by atoms with Crippen LogP contribution in [0.1, 0.15) is 24.0 Å². The van der Waals surface area contributed by atoms with E-state index in [2.05, 4.69) is 4.98 Å². The summed E-state index contributed by atoms with van der Waals surface area (Å²) in [6.07, 6.45) is 1.43. The van der Waals surface area contributed by atoms with Gasteiger partial charge in [0.05, 0.1) is 18.3 Å². The Morgan fingerprint density at radius 2 is 2.50 bits per heavy atom. The first-order valence-electron chi connectivity index (χ1n) is 4.10. The van der Waals surface area contributed by atoms with Crippen molar-refractivity contribution in [3.8, 4) is 0 Å². The van der Waals surface area contributed by atoms with Crippen molar-refractivity contribution in [2.24, 2.45) is 5.73 Å². The molecular formula is C8H12FN3. The highest BCUT2D eigenvalue weighted by Gasteiger charge is 2.25. The van der Waals surface area contributed by atoms with E-state index in [4.69, 9.17) is 5.73 Å². The number of aromatic nitrogens is 2. The molecule has 0 bridgehead atoms. The molecule has 2 unspecified atom stereocenters. The molecule has 4 heteroatoms. The molecule has 66 valence electrons. The molecule has 0 saturated heterocycles. The van der Waals surface area contributed by atoms with Gasteiger partial charge in [-0.25, -0.2) is 9.37 Å². The van der Waals surface area contributed by atoms with Crippen molar-refractivity contribution in [1.82, 2.24) is 9.55 Å². The van der Waals surface area contributed by atoms with E-state index >= 15 is 0 Å². The van der Waals surface area contributed by atoms with Crippen LogP contribution < -0.4 is 5.73 Å². The van der Waals surface area contributed by atoms with Gasteiger partial charge in [-0.05, 0) is 6.92 Å². The number of halogens is 1. The number of fused-ring (bicyclic) bond motifs is 1.